The van der Waals surface area contributed by atoms with Crippen molar-refractivity contribution in [3.05, 3.63) is 36.4 Å². The van der Waals surface area contributed by atoms with Crippen molar-refractivity contribution in [2.75, 3.05) is 11.9 Å². The summed E-state index contributed by atoms with van der Waals surface area (Å²) in [5, 5.41) is 4.29. The number of hydrogen-bond acceptors (Lipinski definition) is 5. The topological polar surface area (TPSA) is 50.7 Å². The third-order valence-corrected chi connectivity index (χ3v) is 3.42. The fraction of sp³-hybridized carbons (Fsp3) is 0.357. The number of nitrogens with zero attached hydrogens (tertiary/aromatic N) is 3. The zero-order valence-electron chi connectivity index (χ0n) is 11.3. The van der Waals surface area contributed by atoms with Crippen LogP contribution in [0, 0.1) is 0 Å². The fourth-order valence-corrected chi connectivity index (χ4v) is 2.37. The first-order valence-electron chi connectivity index (χ1n) is 6.51. The normalized spacial score (nSPS) is 10.4. The number of aryl methyl sites for hydroxylation is 1. The molecule has 0 aliphatic rings. The minimum atomic E-state index is 0.839. The highest BCUT2D eigenvalue weighted by molar-refractivity contribution is 7.99. The molecule has 0 atom stereocenters. The van der Waals surface area contributed by atoms with Gasteiger partial charge >= 0.3 is 0 Å². The molecule has 4 nitrogen and oxygen atoms in total. The lowest BCUT2D eigenvalue weighted by Crippen LogP contribution is -2.05. The first-order valence-corrected chi connectivity index (χ1v) is 7.33. The van der Waals surface area contributed by atoms with Gasteiger partial charge in [0.25, 0.3) is 0 Å². The van der Waals surface area contributed by atoms with Crippen molar-refractivity contribution in [3.63, 3.8) is 0 Å². The average Bonchev–Trinajstić information content (AvgIpc) is 2.46. The molecule has 0 radical (unpaired) electrons. The van der Waals surface area contributed by atoms with Crippen molar-refractivity contribution in [1.29, 1.82) is 0 Å². The number of pyridine rings is 1. The van der Waals surface area contributed by atoms with Crippen LogP contribution in [0.25, 0.3) is 0 Å². The van der Waals surface area contributed by atoms with Crippen molar-refractivity contribution in [3.8, 4) is 0 Å². The third-order valence-electron chi connectivity index (χ3n) is 2.49. The van der Waals surface area contributed by atoms with Gasteiger partial charge in [0.05, 0.1) is 0 Å². The lowest BCUT2D eigenvalue weighted by Gasteiger charge is -2.08. The van der Waals surface area contributed by atoms with Crippen molar-refractivity contribution < 1.29 is 0 Å². The molecule has 100 valence electrons. The Balaban J connectivity index is 2.19. The zero-order chi connectivity index (χ0) is 13.5. The molecule has 0 saturated carbocycles. The maximum Gasteiger partial charge on any atom is 0.131 e. The van der Waals surface area contributed by atoms with Crippen LogP contribution in [0.5, 0.6) is 0 Å². The van der Waals surface area contributed by atoms with E-state index in [1.807, 2.05) is 18.2 Å². The molecular formula is C14H18N4S. The standard InChI is InChI=1S/C14H18N4S/c1-3-7-16-13-10-14(18-12(4-2)17-13)19-11-5-8-15-9-6-11/h5-6,8-10H,3-4,7H2,1-2H3,(H,16,17,18). The predicted octanol–water partition coefficient (Wildman–Crippen LogP) is 3.41. The molecule has 0 aliphatic heterocycles. The average molecular weight is 274 g/mol. The van der Waals surface area contributed by atoms with Gasteiger partial charge in [-0.25, -0.2) is 9.97 Å². The van der Waals surface area contributed by atoms with Gasteiger partial charge in [-0.05, 0) is 18.6 Å². The van der Waals surface area contributed by atoms with E-state index >= 15 is 0 Å². The first-order chi connectivity index (χ1) is 9.31. The molecule has 0 spiro atoms. The molecule has 0 unspecified atom stereocenters. The summed E-state index contributed by atoms with van der Waals surface area (Å²) in [6.45, 7) is 5.14. The number of hydrogen-bond donors (Lipinski definition) is 1. The Kier molecular flexibility index (Phi) is 5.15. The molecule has 0 amide bonds. The molecule has 2 aromatic heterocycles. The van der Waals surface area contributed by atoms with Gasteiger partial charge < -0.3 is 5.32 Å². The lowest BCUT2D eigenvalue weighted by atomic mass is 10.4. The van der Waals surface area contributed by atoms with Crippen LogP contribution in [0.1, 0.15) is 26.1 Å². The molecule has 2 aromatic rings. The van der Waals surface area contributed by atoms with Gasteiger partial charge in [0.1, 0.15) is 16.7 Å². The van der Waals surface area contributed by atoms with Crippen LogP contribution in [0.2, 0.25) is 0 Å². The van der Waals surface area contributed by atoms with E-state index in [1.165, 1.54) is 0 Å². The van der Waals surface area contributed by atoms with Crippen molar-refractivity contribution in [2.45, 2.75) is 36.6 Å². The summed E-state index contributed by atoms with van der Waals surface area (Å²) in [5.74, 6) is 1.78. The summed E-state index contributed by atoms with van der Waals surface area (Å²) < 4.78 is 0. The van der Waals surface area contributed by atoms with Crippen molar-refractivity contribution in [2.24, 2.45) is 0 Å². The van der Waals surface area contributed by atoms with Gasteiger partial charge in [0, 0.05) is 36.3 Å². The molecule has 19 heavy (non-hydrogen) atoms. The Morgan fingerprint density at radius 3 is 2.63 bits per heavy atom. The van der Waals surface area contributed by atoms with Crippen LogP contribution >= 0.6 is 11.8 Å². The molecule has 0 bridgehead atoms. The van der Waals surface area contributed by atoms with Crippen LogP contribution in [0.15, 0.2) is 40.5 Å². The maximum atomic E-state index is 4.55. The van der Waals surface area contributed by atoms with Gasteiger partial charge in [-0.1, -0.05) is 25.6 Å². The minimum Gasteiger partial charge on any atom is -0.370 e. The number of aromatic nitrogens is 3. The molecule has 1 N–H and O–H groups in total. The quantitative estimate of drug-likeness (QED) is 0.818. The minimum absolute atomic E-state index is 0.839. The Bertz CT molecular complexity index is 516. The number of nitrogens with one attached hydrogen (secondary N) is 1. The summed E-state index contributed by atoms with van der Waals surface area (Å²) in [5.41, 5.74) is 0. The molecular weight excluding hydrogens is 256 g/mol. The molecule has 0 saturated heterocycles. The van der Waals surface area contributed by atoms with E-state index < -0.39 is 0 Å². The van der Waals surface area contributed by atoms with Crippen LogP contribution in [-0.2, 0) is 6.42 Å². The van der Waals surface area contributed by atoms with Crippen LogP contribution < -0.4 is 5.32 Å². The number of rotatable bonds is 6. The predicted molar refractivity (Wildman–Crippen MR) is 78.6 cm³/mol. The highest BCUT2D eigenvalue weighted by atomic mass is 32.2. The summed E-state index contributed by atoms with van der Waals surface area (Å²) >= 11 is 1.63. The third kappa shape index (κ3) is 4.21. The summed E-state index contributed by atoms with van der Waals surface area (Å²) in [6.07, 6.45) is 5.50. The number of anilines is 1. The maximum absolute atomic E-state index is 4.55. The second-order valence-electron chi connectivity index (χ2n) is 4.07. The van der Waals surface area contributed by atoms with Crippen LogP contribution in [0.3, 0.4) is 0 Å². The van der Waals surface area contributed by atoms with Gasteiger partial charge in [-0.15, -0.1) is 0 Å². The molecule has 0 aliphatic carbocycles. The SMILES string of the molecule is CCCNc1cc(Sc2ccncc2)nc(CC)n1. The van der Waals surface area contributed by atoms with Gasteiger partial charge in [0.15, 0.2) is 0 Å². The lowest BCUT2D eigenvalue weighted by molar-refractivity contribution is 0.877. The molecule has 0 fully saturated rings. The van der Waals surface area contributed by atoms with E-state index in [-0.39, 0.29) is 0 Å². The Morgan fingerprint density at radius 2 is 1.95 bits per heavy atom. The van der Waals surface area contributed by atoms with Gasteiger partial charge in [0.2, 0.25) is 0 Å². The van der Waals surface area contributed by atoms with Crippen LogP contribution in [0.4, 0.5) is 5.82 Å². The monoisotopic (exact) mass is 274 g/mol. The second-order valence-corrected chi connectivity index (χ2v) is 5.17. The van der Waals surface area contributed by atoms with E-state index in [0.717, 1.165) is 41.0 Å². The Hall–Kier alpha value is -1.62. The second kappa shape index (κ2) is 7.09. The molecule has 2 rings (SSSR count). The smallest absolute Gasteiger partial charge is 0.131 e. The highest BCUT2D eigenvalue weighted by Gasteiger charge is 2.05. The summed E-state index contributed by atoms with van der Waals surface area (Å²) in [4.78, 5) is 14.2. The van der Waals surface area contributed by atoms with E-state index in [1.54, 1.807) is 24.2 Å². The van der Waals surface area contributed by atoms with E-state index in [4.69, 9.17) is 0 Å². The Labute approximate surface area is 118 Å². The fourth-order valence-electron chi connectivity index (χ4n) is 1.55. The van der Waals surface area contributed by atoms with Crippen molar-refractivity contribution in [1.82, 2.24) is 15.0 Å². The first kappa shape index (κ1) is 13.8. The van der Waals surface area contributed by atoms with E-state index in [2.05, 4.69) is 34.1 Å². The van der Waals surface area contributed by atoms with E-state index in [9.17, 15) is 0 Å². The van der Waals surface area contributed by atoms with E-state index in [0.29, 0.717) is 0 Å². The summed E-state index contributed by atoms with van der Waals surface area (Å²) in [6, 6.07) is 5.97. The molecule has 5 heteroatoms. The van der Waals surface area contributed by atoms with Gasteiger partial charge in [-0.3, -0.25) is 4.98 Å². The molecule has 0 aromatic carbocycles. The Morgan fingerprint density at radius 1 is 1.16 bits per heavy atom. The summed E-state index contributed by atoms with van der Waals surface area (Å²) in [7, 11) is 0. The van der Waals surface area contributed by atoms with Crippen molar-refractivity contribution >= 4 is 17.6 Å². The van der Waals surface area contributed by atoms with Gasteiger partial charge in [-0.2, -0.15) is 0 Å². The highest BCUT2D eigenvalue weighted by Crippen LogP contribution is 2.26. The molecule has 2 heterocycles. The largest absolute Gasteiger partial charge is 0.370 e. The van der Waals surface area contributed by atoms with Crippen LogP contribution in [-0.4, -0.2) is 21.5 Å². The zero-order valence-corrected chi connectivity index (χ0v) is 12.1.